The molecule has 2 heterocycles. The number of carboxylic acids is 1. The minimum Gasteiger partial charge on any atom is -0.480 e. The van der Waals surface area contributed by atoms with Gasteiger partial charge in [0.05, 0.1) is 11.3 Å². The molecular weight excluding hydrogens is 356 g/mol. The number of anilines is 2. The maximum atomic E-state index is 11.5. The largest absolute Gasteiger partial charge is 0.480 e. The molecule has 2 atom stereocenters. The molecule has 2 aromatic rings. The number of nitriles is 1. The normalized spacial score (nSPS) is 19.9. The summed E-state index contributed by atoms with van der Waals surface area (Å²) in [7, 11) is 0. The summed E-state index contributed by atoms with van der Waals surface area (Å²) in [5.41, 5.74) is 2.83. The minimum atomic E-state index is -0.857. The van der Waals surface area contributed by atoms with Crippen LogP contribution < -0.4 is 10.2 Å². The van der Waals surface area contributed by atoms with Crippen LogP contribution in [0.15, 0.2) is 36.5 Å². The van der Waals surface area contributed by atoms with Crippen molar-refractivity contribution in [3.05, 3.63) is 42.1 Å². The molecule has 0 spiro atoms. The van der Waals surface area contributed by atoms with Crippen molar-refractivity contribution >= 4 is 17.5 Å². The topological polar surface area (TPSA) is 109 Å². The van der Waals surface area contributed by atoms with Gasteiger partial charge in [0.2, 0.25) is 0 Å². The summed E-state index contributed by atoms with van der Waals surface area (Å²) in [5.74, 6) is 0.0204. The molecule has 2 fully saturated rings. The molecule has 1 aliphatic carbocycles. The lowest BCUT2D eigenvalue weighted by atomic mass is 10.0. The molecule has 0 radical (unpaired) electrons. The third-order valence-corrected chi connectivity index (χ3v) is 5.42. The van der Waals surface area contributed by atoms with Gasteiger partial charge in [-0.1, -0.05) is 6.07 Å². The number of aliphatic hydroxyl groups excluding tert-OH is 1. The molecule has 7 nitrogen and oxygen atoms in total. The molecule has 3 N–H and O–H groups in total. The van der Waals surface area contributed by atoms with Crippen LogP contribution in [0.3, 0.4) is 0 Å². The predicted octanol–water partition coefficient (Wildman–Crippen LogP) is 2.81. The number of rotatable bonds is 6. The molecule has 28 heavy (non-hydrogen) atoms. The summed E-state index contributed by atoms with van der Waals surface area (Å²) in [6.45, 7) is 0.632. The number of carbonyl (C=O) groups is 1. The van der Waals surface area contributed by atoms with E-state index in [2.05, 4.69) is 16.4 Å². The molecule has 1 unspecified atom stereocenters. The van der Waals surface area contributed by atoms with Crippen molar-refractivity contribution < 1.29 is 15.0 Å². The Morgan fingerprint density at radius 2 is 2.04 bits per heavy atom. The zero-order valence-corrected chi connectivity index (χ0v) is 15.4. The highest BCUT2D eigenvalue weighted by Crippen LogP contribution is 2.34. The number of carboxylic acid groups (broad SMARTS) is 1. The number of aliphatic hydroxyl groups is 1. The Kier molecular flexibility index (Phi) is 4.88. The van der Waals surface area contributed by atoms with Crippen LogP contribution in [0.1, 0.15) is 31.2 Å². The molecule has 4 rings (SSSR count). The van der Waals surface area contributed by atoms with Crippen LogP contribution in [-0.2, 0) is 4.79 Å². The monoisotopic (exact) mass is 378 g/mol. The van der Waals surface area contributed by atoms with E-state index in [0.717, 1.165) is 30.4 Å². The third kappa shape index (κ3) is 3.64. The highest BCUT2D eigenvalue weighted by atomic mass is 16.4. The van der Waals surface area contributed by atoms with E-state index in [-0.39, 0.29) is 5.92 Å². The first kappa shape index (κ1) is 18.3. The van der Waals surface area contributed by atoms with E-state index < -0.39 is 18.2 Å². The van der Waals surface area contributed by atoms with Crippen molar-refractivity contribution in [3.8, 4) is 17.2 Å². The first-order valence-corrected chi connectivity index (χ1v) is 9.51. The summed E-state index contributed by atoms with van der Waals surface area (Å²) in [6, 6.07) is 10.8. The summed E-state index contributed by atoms with van der Waals surface area (Å²) in [6.07, 6.45) is 4.50. The highest BCUT2D eigenvalue weighted by Gasteiger charge is 2.32. The van der Waals surface area contributed by atoms with Gasteiger partial charge in [-0.3, -0.25) is 0 Å². The Morgan fingerprint density at radius 1 is 1.25 bits per heavy atom. The summed E-state index contributed by atoms with van der Waals surface area (Å²) in [5, 5.41) is 32.2. The van der Waals surface area contributed by atoms with Gasteiger partial charge in [0, 0.05) is 18.7 Å². The summed E-state index contributed by atoms with van der Waals surface area (Å²) >= 11 is 0. The van der Waals surface area contributed by atoms with Crippen molar-refractivity contribution in [3.63, 3.8) is 0 Å². The Labute approximate surface area is 163 Å². The van der Waals surface area contributed by atoms with Crippen LogP contribution in [-0.4, -0.2) is 40.0 Å². The number of nitrogens with one attached hydrogen (secondary N) is 1. The highest BCUT2D eigenvalue weighted by molar-refractivity contribution is 5.81. The average molecular weight is 378 g/mol. The zero-order chi connectivity index (χ0) is 19.7. The Morgan fingerprint density at radius 3 is 2.75 bits per heavy atom. The lowest BCUT2D eigenvalue weighted by Crippen LogP contribution is -2.36. The Hall–Kier alpha value is -3.11. The molecule has 1 saturated heterocycles. The van der Waals surface area contributed by atoms with Crippen LogP contribution in [0.25, 0.3) is 11.1 Å². The third-order valence-electron chi connectivity index (χ3n) is 5.42. The lowest BCUT2D eigenvalue weighted by molar-refractivity contribution is -0.138. The van der Waals surface area contributed by atoms with Crippen molar-refractivity contribution in [2.75, 3.05) is 16.8 Å². The smallest absolute Gasteiger partial charge is 0.326 e. The SMILES string of the molecule is N#Cc1cc(-c2ccnc(NC(O)C3CC3)c2)ccc1N1CCC[C@H]1C(=O)O. The van der Waals surface area contributed by atoms with Gasteiger partial charge in [-0.2, -0.15) is 5.26 Å². The van der Waals surface area contributed by atoms with Crippen molar-refractivity contribution in [1.29, 1.82) is 5.26 Å². The molecule has 1 saturated carbocycles. The van der Waals surface area contributed by atoms with Gasteiger partial charge in [0.25, 0.3) is 0 Å². The number of hydrogen-bond donors (Lipinski definition) is 3. The average Bonchev–Trinajstić information content (AvgIpc) is 3.44. The molecule has 144 valence electrons. The van der Waals surface area contributed by atoms with Crippen molar-refractivity contribution in [2.24, 2.45) is 5.92 Å². The van der Waals surface area contributed by atoms with Crippen LogP contribution in [0.2, 0.25) is 0 Å². The molecule has 0 amide bonds. The van der Waals surface area contributed by atoms with Gasteiger partial charge in [-0.25, -0.2) is 9.78 Å². The van der Waals surface area contributed by atoms with Gasteiger partial charge in [-0.05, 0) is 61.1 Å². The van der Waals surface area contributed by atoms with E-state index in [1.54, 1.807) is 17.2 Å². The van der Waals surface area contributed by atoms with Gasteiger partial charge in [-0.15, -0.1) is 0 Å². The summed E-state index contributed by atoms with van der Waals surface area (Å²) < 4.78 is 0. The number of aromatic nitrogens is 1. The molecule has 1 aromatic heterocycles. The van der Waals surface area contributed by atoms with Crippen LogP contribution >= 0.6 is 0 Å². The molecule has 0 bridgehead atoms. The predicted molar refractivity (Wildman–Crippen MR) is 105 cm³/mol. The second-order valence-corrected chi connectivity index (χ2v) is 7.39. The van der Waals surface area contributed by atoms with E-state index in [9.17, 15) is 20.3 Å². The number of benzene rings is 1. The molecule has 2 aliphatic rings. The molecule has 1 aliphatic heterocycles. The molecule has 1 aromatic carbocycles. The van der Waals surface area contributed by atoms with Crippen LogP contribution in [0.4, 0.5) is 11.5 Å². The number of aliphatic carboxylic acids is 1. The fraction of sp³-hybridized carbons (Fsp3) is 0.381. The fourth-order valence-corrected chi connectivity index (χ4v) is 3.74. The van der Waals surface area contributed by atoms with E-state index in [4.69, 9.17) is 0 Å². The number of hydrogen-bond acceptors (Lipinski definition) is 6. The Balaban J connectivity index is 1.61. The fourth-order valence-electron chi connectivity index (χ4n) is 3.74. The van der Waals surface area contributed by atoms with E-state index in [1.807, 2.05) is 24.3 Å². The van der Waals surface area contributed by atoms with E-state index in [1.165, 1.54) is 0 Å². The zero-order valence-electron chi connectivity index (χ0n) is 15.4. The molecular formula is C21H22N4O3. The van der Waals surface area contributed by atoms with E-state index >= 15 is 0 Å². The van der Waals surface area contributed by atoms with Gasteiger partial charge in [0.15, 0.2) is 0 Å². The molecule has 7 heteroatoms. The quantitative estimate of drug-likeness (QED) is 0.663. The standard InChI is InChI=1S/C21H22N4O3/c22-12-16-10-14(5-6-17(16)25-9-1-2-18(25)21(27)28)15-7-8-23-19(11-15)24-20(26)13-3-4-13/h5-8,10-11,13,18,20,26H,1-4,9H2,(H,23,24)(H,27,28)/t18-,20?/m0/s1. The maximum Gasteiger partial charge on any atom is 0.326 e. The van der Waals surface area contributed by atoms with Gasteiger partial charge in [0.1, 0.15) is 24.2 Å². The van der Waals surface area contributed by atoms with Crippen molar-refractivity contribution in [2.45, 2.75) is 38.0 Å². The lowest BCUT2D eigenvalue weighted by Gasteiger charge is -2.25. The minimum absolute atomic E-state index is 0.289. The second kappa shape index (κ2) is 7.49. The van der Waals surface area contributed by atoms with E-state index in [0.29, 0.717) is 30.0 Å². The summed E-state index contributed by atoms with van der Waals surface area (Å²) in [4.78, 5) is 17.6. The number of pyridine rings is 1. The first-order chi connectivity index (χ1) is 13.6. The van der Waals surface area contributed by atoms with Gasteiger partial charge < -0.3 is 20.4 Å². The maximum absolute atomic E-state index is 11.5. The van der Waals surface area contributed by atoms with Crippen LogP contribution in [0, 0.1) is 17.2 Å². The Bertz CT molecular complexity index is 935. The van der Waals surface area contributed by atoms with Crippen LogP contribution in [0.5, 0.6) is 0 Å². The number of nitrogens with zero attached hydrogens (tertiary/aromatic N) is 3. The van der Waals surface area contributed by atoms with Gasteiger partial charge >= 0.3 is 5.97 Å². The first-order valence-electron chi connectivity index (χ1n) is 9.51. The second-order valence-electron chi connectivity index (χ2n) is 7.39. The van der Waals surface area contributed by atoms with Crippen molar-refractivity contribution in [1.82, 2.24) is 4.98 Å².